The highest BCUT2D eigenvalue weighted by Crippen LogP contribution is 2.22. The average Bonchev–Trinajstić information content (AvgIpc) is 2.67. The number of amides is 2. The number of nitrogens with zero attached hydrogens (tertiary/aromatic N) is 1. The molecule has 0 saturated carbocycles. The molecular formula is C22H25Cl2N3O3. The van der Waals surface area contributed by atoms with Gasteiger partial charge in [-0.25, -0.2) is 5.43 Å². The van der Waals surface area contributed by atoms with Gasteiger partial charge in [-0.2, -0.15) is 5.10 Å². The number of carbonyl (C=O) groups excluding carboxylic acids is 2. The topological polar surface area (TPSA) is 79.8 Å². The zero-order chi connectivity index (χ0) is 22.3. The lowest BCUT2D eigenvalue weighted by molar-refractivity contribution is -0.123. The summed E-state index contributed by atoms with van der Waals surface area (Å²) in [6.07, 6.45) is 1.43. The Morgan fingerprint density at radius 2 is 1.73 bits per heavy atom. The number of halogens is 2. The number of rotatable bonds is 8. The van der Waals surface area contributed by atoms with Crippen molar-refractivity contribution in [1.29, 1.82) is 0 Å². The summed E-state index contributed by atoms with van der Waals surface area (Å²) in [5, 5.41) is 7.70. The van der Waals surface area contributed by atoms with Crippen molar-refractivity contribution in [2.75, 3.05) is 0 Å². The summed E-state index contributed by atoms with van der Waals surface area (Å²) in [6, 6.07) is 10.9. The third-order valence-corrected chi connectivity index (χ3v) is 4.51. The first-order valence-corrected chi connectivity index (χ1v) is 10.3. The Kier molecular flexibility index (Phi) is 8.69. The maximum absolute atomic E-state index is 12.6. The smallest absolute Gasteiger partial charge is 0.262 e. The van der Waals surface area contributed by atoms with Crippen molar-refractivity contribution in [3.63, 3.8) is 0 Å². The van der Waals surface area contributed by atoms with Gasteiger partial charge in [-0.1, -0.05) is 43.1 Å². The summed E-state index contributed by atoms with van der Waals surface area (Å²) in [5.74, 6) is -0.390. The largest absolute Gasteiger partial charge is 0.490 e. The Hall–Kier alpha value is -2.57. The Bertz CT molecular complexity index is 930. The van der Waals surface area contributed by atoms with Crippen LogP contribution in [0.2, 0.25) is 10.0 Å². The van der Waals surface area contributed by atoms with Crippen LogP contribution in [0, 0.1) is 5.92 Å². The molecular weight excluding hydrogens is 425 g/mol. The van der Waals surface area contributed by atoms with Crippen LogP contribution in [0.15, 0.2) is 47.6 Å². The zero-order valence-corrected chi connectivity index (χ0v) is 18.8. The molecule has 0 aromatic heterocycles. The monoisotopic (exact) mass is 449 g/mol. The van der Waals surface area contributed by atoms with Crippen LogP contribution in [0.5, 0.6) is 5.75 Å². The highest BCUT2D eigenvalue weighted by atomic mass is 35.5. The van der Waals surface area contributed by atoms with Crippen LogP contribution in [0.4, 0.5) is 0 Å². The van der Waals surface area contributed by atoms with Crippen LogP contribution in [-0.2, 0) is 4.79 Å². The maximum atomic E-state index is 12.6. The number of hydrazone groups is 1. The van der Waals surface area contributed by atoms with Gasteiger partial charge in [-0.3, -0.25) is 9.59 Å². The normalized spacial score (nSPS) is 12.3. The minimum Gasteiger partial charge on any atom is -0.490 e. The molecule has 0 aliphatic heterocycles. The fraction of sp³-hybridized carbons (Fsp3) is 0.318. The first kappa shape index (κ1) is 23.7. The molecule has 0 saturated heterocycles. The summed E-state index contributed by atoms with van der Waals surface area (Å²) in [4.78, 5) is 25.1. The highest BCUT2D eigenvalue weighted by Gasteiger charge is 2.24. The van der Waals surface area contributed by atoms with E-state index in [1.165, 1.54) is 6.21 Å². The van der Waals surface area contributed by atoms with Gasteiger partial charge in [0.05, 0.1) is 12.3 Å². The van der Waals surface area contributed by atoms with E-state index in [2.05, 4.69) is 15.8 Å². The minimum atomic E-state index is -0.778. The number of ether oxygens (including phenoxy) is 1. The van der Waals surface area contributed by atoms with Gasteiger partial charge in [0.15, 0.2) is 0 Å². The van der Waals surface area contributed by atoms with E-state index in [4.69, 9.17) is 27.9 Å². The van der Waals surface area contributed by atoms with E-state index < -0.39 is 17.9 Å². The Morgan fingerprint density at radius 3 is 2.37 bits per heavy atom. The van der Waals surface area contributed by atoms with E-state index in [9.17, 15) is 9.59 Å². The van der Waals surface area contributed by atoms with Gasteiger partial charge in [0.2, 0.25) is 0 Å². The van der Waals surface area contributed by atoms with Crippen LogP contribution >= 0.6 is 23.2 Å². The quantitative estimate of drug-likeness (QED) is 0.453. The second-order valence-electron chi connectivity index (χ2n) is 7.29. The van der Waals surface area contributed by atoms with Gasteiger partial charge < -0.3 is 10.1 Å². The van der Waals surface area contributed by atoms with E-state index >= 15 is 0 Å². The molecule has 2 amide bonds. The van der Waals surface area contributed by atoms with Gasteiger partial charge in [-0.05, 0) is 56.2 Å². The number of hydrogen-bond donors (Lipinski definition) is 2. The van der Waals surface area contributed by atoms with Crippen LogP contribution in [0.25, 0.3) is 0 Å². The van der Waals surface area contributed by atoms with Crippen molar-refractivity contribution < 1.29 is 14.3 Å². The number of benzene rings is 2. The predicted octanol–water partition coefficient (Wildman–Crippen LogP) is 4.69. The van der Waals surface area contributed by atoms with Crippen molar-refractivity contribution in [3.8, 4) is 5.75 Å². The maximum Gasteiger partial charge on any atom is 0.262 e. The first-order valence-electron chi connectivity index (χ1n) is 9.53. The van der Waals surface area contributed by atoms with Gasteiger partial charge in [0, 0.05) is 21.2 Å². The second kappa shape index (κ2) is 11.0. The third-order valence-electron chi connectivity index (χ3n) is 4.04. The summed E-state index contributed by atoms with van der Waals surface area (Å²) >= 11 is 12.0. The molecule has 0 radical (unpaired) electrons. The lowest BCUT2D eigenvalue weighted by atomic mass is 10.0. The number of carbonyl (C=O) groups is 2. The molecule has 1 unspecified atom stereocenters. The summed E-state index contributed by atoms with van der Waals surface area (Å²) in [5.41, 5.74) is 3.47. The van der Waals surface area contributed by atoms with Crippen molar-refractivity contribution in [3.05, 3.63) is 63.6 Å². The van der Waals surface area contributed by atoms with Gasteiger partial charge in [0.1, 0.15) is 11.8 Å². The van der Waals surface area contributed by atoms with E-state index in [-0.39, 0.29) is 12.0 Å². The Morgan fingerprint density at radius 1 is 1.03 bits per heavy atom. The lowest BCUT2D eigenvalue weighted by Gasteiger charge is -2.20. The summed E-state index contributed by atoms with van der Waals surface area (Å²) < 4.78 is 5.72. The molecule has 0 bridgehead atoms. The van der Waals surface area contributed by atoms with Crippen molar-refractivity contribution in [2.45, 2.75) is 39.8 Å². The summed E-state index contributed by atoms with van der Waals surface area (Å²) in [7, 11) is 0. The molecule has 0 aliphatic carbocycles. The molecule has 8 heteroatoms. The predicted molar refractivity (Wildman–Crippen MR) is 120 cm³/mol. The third kappa shape index (κ3) is 7.04. The van der Waals surface area contributed by atoms with Crippen molar-refractivity contribution in [1.82, 2.24) is 10.7 Å². The zero-order valence-electron chi connectivity index (χ0n) is 17.3. The van der Waals surface area contributed by atoms with E-state index in [1.807, 2.05) is 27.7 Å². The average molecular weight is 450 g/mol. The fourth-order valence-electron chi connectivity index (χ4n) is 2.61. The Balaban J connectivity index is 2.09. The first-order chi connectivity index (χ1) is 14.2. The highest BCUT2D eigenvalue weighted by molar-refractivity contribution is 6.31. The van der Waals surface area contributed by atoms with Gasteiger partial charge in [0.25, 0.3) is 11.8 Å². The van der Waals surface area contributed by atoms with E-state index in [0.717, 1.165) is 0 Å². The van der Waals surface area contributed by atoms with Crippen LogP contribution in [0.3, 0.4) is 0 Å². The number of hydrogen-bond acceptors (Lipinski definition) is 4. The van der Waals surface area contributed by atoms with Gasteiger partial charge >= 0.3 is 0 Å². The molecule has 1 atom stereocenters. The van der Waals surface area contributed by atoms with Crippen molar-refractivity contribution in [2.24, 2.45) is 11.0 Å². The van der Waals surface area contributed by atoms with E-state index in [0.29, 0.717) is 26.9 Å². The molecule has 2 aromatic rings. The minimum absolute atomic E-state index is 0.0278. The molecule has 0 fully saturated rings. The molecule has 2 aromatic carbocycles. The van der Waals surface area contributed by atoms with Crippen LogP contribution in [0.1, 0.15) is 43.6 Å². The molecule has 0 spiro atoms. The molecule has 6 nitrogen and oxygen atoms in total. The van der Waals surface area contributed by atoms with Crippen LogP contribution < -0.4 is 15.5 Å². The molecule has 2 rings (SSSR count). The van der Waals surface area contributed by atoms with E-state index in [1.54, 1.807) is 42.5 Å². The molecule has 160 valence electrons. The van der Waals surface area contributed by atoms with Crippen molar-refractivity contribution >= 4 is 41.2 Å². The molecule has 0 heterocycles. The Labute approximate surface area is 186 Å². The molecule has 2 N–H and O–H groups in total. The fourth-order valence-corrected chi connectivity index (χ4v) is 2.98. The SMILES string of the molecule is CC(C)Oc1ccc(Cl)cc1C=NNC(=O)C(NC(=O)c1cccc(Cl)c1)C(C)C. The lowest BCUT2D eigenvalue weighted by Crippen LogP contribution is -2.48. The summed E-state index contributed by atoms with van der Waals surface area (Å²) in [6.45, 7) is 7.48. The second-order valence-corrected chi connectivity index (χ2v) is 8.16. The standard InChI is InChI=1S/C22H25Cl2N3O3/c1-13(2)20(26-21(28)15-6-5-7-17(23)10-15)22(29)27-25-12-16-11-18(24)8-9-19(16)30-14(3)4/h5-14,20H,1-4H3,(H,26,28)(H,27,29). The molecule has 0 aliphatic rings. The van der Waals surface area contributed by atoms with Crippen LogP contribution in [-0.4, -0.2) is 30.2 Å². The number of nitrogens with one attached hydrogen (secondary N) is 2. The van der Waals surface area contributed by atoms with Gasteiger partial charge in [-0.15, -0.1) is 0 Å². The molecule has 30 heavy (non-hydrogen) atoms.